The van der Waals surface area contributed by atoms with Gasteiger partial charge in [0.1, 0.15) is 24.6 Å². The van der Waals surface area contributed by atoms with Crippen LogP contribution in [0.2, 0.25) is 0 Å². The Labute approximate surface area is 196 Å². The fraction of sp³-hybridized carbons (Fsp3) is 0.556. The first-order valence-corrected chi connectivity index (χ1v) is 12.0. The molecule has 1 saturated heterocycles. The van der Waals surface area contributed by atoms with Gasteiger partial charge in [-0.2, -0.15) is 0 Å². The van der Waals surface area contributed by atoms with E-state index in [2.05, 4.69) is 38.1 Å². The maximum atomic E-state index is 10.2. The molecule has 4 rings (SSSR count). The average Bonchev–Trinajstić information content (AvgIpc) is 3.64. The van der Waals surface area contributed by atoms with Crippen LogP contribution in [-0.2, 0) is 15.9 Å². The number of hydrogen-bond acceptors (Lipinski definition) is 6. The Bertz CT molecular complexity index is 892. The van der Waals surface area contributed by atoms with E-state index in [1.54, 1.807) is 0 Å². The molecular weight excluding hydrogens is 420 g/mol. The quantitative estimate of drug-likeness (QED) is 0.474. The Hall–Kier alpha value is -1.96. The first kappa shape index (κ1) is 24.2. The molecule has 3 N–H and O–H groups in total. The van der Waals surface area contributed by atoms with Gasteiger partial charge in [0.2, 0.25) is 0 Å². The minimum Gasteiger partial charge on any atom is -0.491 e. The average molecular weight is 457 g/mol. The summed E-state index contributed by atoms with van der Waals surface area (Å²) in [6.07, 6.45) is 0.727. The molecule has 2 aromatic rings. The Morgan fingerprint density at radius 3 is 2.45 bits per heavy atom. The maximum Gasteiger partial charge on any atom is 0.119 e. The molecule has 0 radical (unpaired) electrons. The summed E-state index contributed by atoms with van der Waals surface area (Å²) in [5.41, 5.74) is 4.61. The third-order valence-corrected chi connectivity index (χ3v) is 6.46. The lowest BCUT2D eigenvalue weighted by Crippen LogP contribution is -2.47. The number of hydrogen-bond donors (Lipinski definition) is 3. The van der Waals surface area contributed by atoms with Gasteiger partial charge in [-0.25, -0.2) is 0 Å². The number of aliphatic hydroxyl groups excluding tert-OH is 3. The lowest BCUT2D eigenvalue weighted by atomic mass is 9.88. The number of benzene rings is 2. The van der Waals surface area contributed by atoms with E-state index in [1.807, 2.05) is 18.2 Å². The van der Waals surface area contributed by atoms with Crippen LogP contribution in [0.4, 0.5) is 0 Å². The zero-order valence-corrected chi connectivity index (χ0v) is 19.5. The normalized spacial score (nSPS) is 25.4. The van der Waals surface area contributed by atoms with Crippen molar-refractivity contribution in [2.45, 2.75) is 76.0 Å². The van der Waals surface area contributed by atoms with Crippen molar-refractivity contribution in [2.75, 3.05) is 19.8 Å². The fourth-order valence-corrected chi connectivity index (χ4v) is 4.39. The second-order valence-corrected chi connectivity index (χ2v) is 9.49. The maximum absolute atomic E-state index is 10.2. The largest absolute Gasteiger partial charge is 0.491 e. The summed E-state index contributed by atoms with van der Waals surface area (Å²) < 4.78 is 17.3. The van der Waals surface area contributed by atoms with Crippen molar-refractivity contribution in [3.63, 3.8) is 0 Å². The topological polar surface area (TPSA) is 88.4 Å². The van der Waals surface area contributed by atoms with E-state index in [1.165, 1.54) is 29.5 Å². The number of rotatable bonds is 10. The van der Waals surface area contributed by atoms with Gasteiger partial charge in [-0.05, 0) is 59.6 Å². The smallest absolute Gasteiger partial charge is 0.119 e. The van der Waals surface area contributed by atoms with Crippen LogP contribution >= 0.6 is 0 Å². The lowest BCUT2D eigenvalue weighted by molar-refractivity contribution is -0.181. The Balaban J connectivity index is 1.44. The molecule has 0 amide bonds. The highest BCUT2D eigenvalue weighted by Gasteiger charge is 2.37. The summed E-state index contributed by atoms with van der Waals surface area (Å²) in [7, 11) is 0. The van der Waals surface area contributed by atoms with E-state index >= 15 is 0 Å². The van der Waals surface area contributed by atoms with Crippen molar-refractivity contribution in [3.05, 3.63) is 64.7 Å². The first-order valence-electron chi connectivity index (χ1n) is 12.0. The standard InChI is InChI=1S/C27H36O6/c1-17(2)23-10-5-19(25-15-24(29)27(30)26(16-28)33-25)14-20(23)13-18-3-6-21(7-4-18)31-11-12-32-22-8-9-22/h3-7,10,14,17,22,24-30H,8-9,11-13,15-16H2,1-2H3/t24-,25-,26-,27+/m1/s1. The summed E-state index contributed by atoms with van der Waals surface area (Å²) in [4.78, 5) is 0. The molecule has 2 fully saturated rings. The van der Waals surface area contributed by atoms with Gasteiger partial charge in [0.05, 0.1) is 31.5 Å². The molecule has 1 aliphatic carbocycles. The minimum absolute atomic E-state index is 0.300. The zero-order chi connectivity index (χ0) is 23.4. The third kappa shape index (κ3) is 6.34. The molecule has 0 bridgehead atoms. The summed E-state index contributed by atoms with van der Waals surface area (Å²) >= 11 is 0. The van der Waals surface area contributed by atoms with Gasteiger partial charge >= 0.3 is 0 Å². The first-order chi connectivity index (χ1) is 15.9. The van der Waals surface area contributed by atoms with Gasteiger partial charge in [0, 0.05) is 6.42 Å². The van der Waals surface area contributed by atoms with Crippen LogP contribution in [0.5, 0.6) is 5.75 Å². The highest BCUT2D eigenvalue weighted by atomic mass is 16.5. The van der Waals surface area contributed by atoms with Crippen LogP contribution in [0.25, 0.3) is 0 Å². The van der Waals surface area contributed by atoms with E-state index in [9.17, 15) is 15.3 Å². The van der Waals surface area contributed by atoms with E-state index in [4.69, 9.17) is 14.2 Å². The van der Waals surface area contributed by atoms with Crippen LogP contribution in [0.3, 0.4) is 0 Å². The second-order valence-electron chi connectivity index (χ2n) is 9.49. The van der Waals surface area contributed by atoms with E-state index < -0.39 is 18.3 Å². The van der Waals surface area contributed by atoms with Crippen molar-refractivity contribution in [2.24, 2.45) is 0 Å². The monoisotopic (exact) mass is 456 g/mol. The highest BCUT2D eigenvalue weighted by molar-refractivity contribution is 5.40. The lowest BCUT2D eigenvalue weighted by Gasteiger charge is -2.36. The third-order valence-electron chi connectivity index (χ3n) is 6.46. The Morgan fingerprint density at radius 1 is 1.03 bits per heavy atom. The van der Waals surface area contributed by atoms with Crippen LogP contribution in [0.15, 0.2) is 42.5 Å². The van der Waals surface area contributed by atoms with Gasteiger partial charge in [-0.15, -0.1) is 0 Å². The van der Waals surface area contributed by atoms with Crippen LogP contribution < -0.4 is 4.74 Å². The van der Waals surface area contributed by atoms with Gasteiger partial charge < -0.3 is 29.5 Å². The molecule has 33 heavy (non-hydrogen) atoms. The van der Waals surface area contributed by atoms with Crippen LogP contribution in [0, 0.1) is 0 Å². The summed E-state index contributed by atoms with van der Waals surface area (Å²) in [6.45, 7) is 5.22. The molecule has 2 aromatic carbocycles. The molecule has 0 aromatic heterocycles. The highest BCUT2D eigenvalue weighted by Crippen LogP contribution is 2.34. The molecule has 6 nitrogen and oxygen atoms in total. The number of aliphatic hydroxyl groups is 3. The molecule has 4 atom stereocenters. The summed E-state index contributed by atoms with van der Waals surface area (Å²) in [5, 5.41) is 29.8. The van der Waals surface area contributed by atoms with Crippen LogP contribution in [0.1, 0.15) is 67.4 Å². The van der Waals surface area contributed by atoms with Crippen molar-refractivity contribution >= 4 is 0 Å². The van der Waals surface area contributed by atoms with Gasteiger partial charge in [-0.1, -0.05) is 44.2 Å². The molecule has 2 aliphatic rings. The van der Waals surface area contributed by atoms with Crippen LogP contribution in [-0.4, -0.2) is 59.6 Å². The zero-order valence-electron chi connectivity index (χ0n) is 19.5. The van der Waals surface area contributed by atoms with Crippen molar-refractivity contribution < 1.29 is 29.5 Å². The molecule has 1 heterocycles. The minimum atomic E-state index is -1.07. The summed E-state index contributed by atoms with van der Waals surface area (Å²) in [6, 6.07) is 14.5. The molecule has 180 valence electrons. The van der Waals surface area contributed by atoms with Gasteiger partial charge in [0.15, 0.2) is 0 Å². The van der Waals surface area contributed by atoms with Gasteiger partial charge in [0.25, 0.3) is 0 Å². The second kappa shape index (κ2) is 11.0. The Morgan fingerprint density at radius 2 is 1.79 bits per heavy atom. The Kier molecular flexibility index (Phi) is 8.04. The predicted octanol–water partition coefficient (Wildman–Crippen LogP) is 3.50. The molecule has 1 aliphatic heterocycles. The molecule has 0 unspecified atom stereocenters. The van der Waals surface area contributed by atoms with Crippen molar-refractivity contribution in [1.82, 2.24) is 0 Å². The van der Waals surface area contributed by atoms with Gasteiger partial charge in [-0.3, -0.25) is 0 Å². The molecule has 6 heteroatoms. The van der Waals surface area contributed by atoms with E-state index in [0.717, 1.165) is 17.7 Å². The predicted molar refractivity (Wildman–Crippen MR) is 126 cm³/mol. The molecule has 0 spiro atoms. The summed E-state index contributed by atoms with van der Waals surface area (Å²) in [5.74, 6) is 1.21. The van der Waals surface area contributed by atoms with Crippen molar-refractivity contribution in [3.8, 4) is 5.75 Å². The SMILES string of the molecule is CC(C)c1ccc([C@H]2C[C@@H](O)[C@H](O)[C@@H](CO)O2)cc1Cc1ccc(OCCOC2CC2)cc1. The molecular formula is C27H36O6. The fourth-order valence-electron chi connectivity index (χ4n) is 4.39. The van der Waals surface area contributed by atoms with E-state index in [-0.39, 0.29) is 12.7 Å². The number of ether oxygens (including phenoxy) is 3. The van der Waals surface area contributed by atoms with E-state index in [0.29, 0.717) is 31.7 Å². The van der Waals surface area contributed by atoms with Crippen molar-refractivity contribution in [1.29, 1.82) is 0 Å². The molecule has 1 saturated carbocycles.